The lowest BCUT2D eigenvalue weighted by atomic mass is 10.2. The molecule has 0 spiro atoms. The van der Waals surface area contributed by atoms with Crippen LogP contribution in [0.15, 0.2) is 72.1 Å². The third-order valence-corrected chi connectivity index (χ3v) is 6.40. The van der Waals surface area contributed by atoms with Gasteiger partial charge in [-0.1, -0.05) is 72.8 Å². The standard InChI is InChI=1S/C22H28O2Si/c1-19(2)23-25(24-20(3)4,17-15-21-11-7-5-8-12-21)18-16-22-13-9-6-10-14-22/h5-20H,1-4H3. The van der Waals surface area contributed by atoms with Crippen molar-refractivity contribution in [2.75, 3.05) is 0 Å². The molecule has 2 nitrogen and oxygen atoms in total. The Bertz CT molecular complexity index is 614. The van der Waals surface area contributed by atoms with Crippen molar-refractivity contribution in [2.24, 2.45) is 0 Å². The Kier molecular flexibility index (Phi) is 7.38. The van der Waals surface area contributed by atoms with Gasteiger partial charge >= 0.3 is 8.56 Å². The average Bonchev–Trinajstić information content (AvgIpc) is 2.59. The van der Waals surface area contributed by atoms with Crippen molar-refractivity contribution in [1.29, 1.82) is 0 Å². The summed E-state index contributed by atoms with van der Waals surface area (Å²) < 4.78 is 12.7. The third kappa shape index (κ3) is 6.82. The van der Waals surface area contributed by atoms with E-state index in [4.69, 9.17) is 8.85 Å². The molecule has 0 aromatic heterocycles. The highest BCUT2D eigenvalue weighted by Crippen LogP contribution is 2.20. The molecule has 2 aromatic rings. The molecule has 25 heavy (non-hydrogen) atoms. The molecule has 0 N–H and O–H groups in total. The first-order valence-corrected chi connectivity index (χ1v) is 10.8. The fourth-order valence-electron chi connectivity index (χ4n) is 2.53. The zero-order chi connectivity index (χ0) is 18.1. The molecule has 0 aliphatic carbocycles. The van der Waals surface area contributed by atoms with Crippen molar-refractivity contribution >= 4 is 20.7 Å². The number of rotatable bonds is 8. The molecule has 0 atom stereocenters. The summed E-state index contributed by atoms with van der Waals surface area (Å²) in [7, 11) is -2.65. The summed E-state index contributed by atoms with van der Waals surface area (Å²) in [5.41, 5.74) is 6.54. The molecular formula is C22H28O2Si. The summed E-state index contributed by atoms with van der Waals surface area (Å²) in [6.45, 7) is 8.21. The summed E-state index contributed by atoms with van der Waals surface area (Å²) in [6.07, 6.45) is 4.39. The zero-order valence-electron chi connectivity index (χ0n) is 15.6. The molecule has 0 heterocycles. The third-order valence-electron chi connectivity index (χ3n) is 3.46. The van der Waals surface area contributed by atoms with Gasteiger partial charge in [-0.2, -0.15) is 0 Å². The van der Waals surface area contributed by atoms with Gasteiger partial charge in [-0.05, 0) is 50.2 Å². The van der Waals surface area contributed by atoms with Crippen molar-refractivity contribution < 1.29 is 8.85 Å². The molecule has 0 amide bonds. The normalized spacial score (nSPS) is 12.7. The first kappa shape index (κ1) is 19.4. The molecule has 0 saturated heterocycles. The molecular weight excluding hydrogens is 324 g/mol. The average molecular weight is 353 g/mol. The molecule has 2 rings (SSSR count). The van der Waals surface area contributed by atoms with Gasteiger partial charge in [-0.15, -0.1) is 0 Å². The quantitative estimate of drug-likeness (QED) is 0.560. The molecule has 0 fully saturated rings. The predicted octanol–water partition coefficient (Wildman–Crippen LogP) is 5.78. The Morgan fingerprint density at radius 2 is 1.00 bits per heavy atom. The van der Waals surface area contributed by atoms with E-state index in [0.29, 0.717) is 0 Å². The van der Waals surface area contributed by atoms with Crippen molar-refractivity contribution in [3.8, 4) is 0 Å². The number of benzene rings is 2. The van der Waals surface area contributed by atoms with Gasteiger partial charge in [0.15, 0.2) is 0 Å². The second-order valence-electron chi connectivity index (χ2n) is 6.54. The molecule has 132 valence electrons. The van der Waals surface area contributed by atoms with E-state index in [9.17, 15) is 0 Å². The Hall–Kier alpha value is -1.94. The molecule has 0 unspecified atom stereocenters. The molecule has 0 aliphatic rings. The summed E-state index contributed by atoms with van der Waals surface area (Å²) in [5.74, 6) is 0. The minimum Gasteiger partial charge on any atom is -0.386 e. The Labute approximate surface area is 153 Å². The second kappa shape index (κ2) is 9.52. The van der Waals surface area contributed by atoms with Gasteiger partial charge in [0.25, 0.3) is 0 Å². The van der Waals surface area contributed by atoms with Gasteiger partial charge in [-0.3, -0.25) is 0 Å². The van der Waals surface area contributed by atoms with Gasteiger partial charge in [0.05, 0.1) is 0 Å². The highest BCUT2D eigenvalue weighted by atomic mass is 28.4. The summed E-state index contributed by atoms with van der Waals surface area (Å²) >= 11 is 0. The zero-order valence-corrected chi connectivity index (χ0v) is 16.6. The summed E-state index contributed by atoms with van der Waals surface area (Å²) in [5, 5.41) is 0. The van der Waals surface area contributed by atoms with E-state index in [1.807, 2.05) is 36.4 Å². The highest BCUT2D eigenvalue weighted by molar-refractivity contribution is 6.78. The minimum atomic E-state index is -2.65. The number of hydrogen-bond acceptors (Lipinski definition) is 2. The largest absolute Gasteiger partial charge is 0.392 e. The first-order valence-electron chi connectivity index (χ1n) is 8.83. The Balaban J connectivity index is 2.36. The molecule has 2 aromatic carbocycles. The Morgan fingerprint density at radius 1 is 0.640 bits per heavy atom. The predicted molar refractivity (Wildman–Crippen MR) is 109 cm³/mol. The van der Waals surface area contributed by atoms with Crippen LogP contribution in [-0.2, 0) is 8.85 Å². The van der Waals surface area contributed by atoms with Crippen molar-refractivity contribution in [3.05, 3.63) is 83.2 Å². The topological polar surface area (TPSA) is 18.5 Å². The van der Waals surface area contributed by atoms with Gasteiger partial charge in [0.2, 0.25) is 0 Å². The van der Waals surface area contributed by atoms with E-state index in [-0.39, 0.29) is 12.2 Å². The van der Waals surface area contributed by atoms with Gasteiger partial charge < -0.3 is 8.85 Å². The lowest BCUT2D eigenvalue weighted by Gasteiger charge is -2.29. The fraction of sp³-hybridized carbons (Fsp3) is 0.273. The monoisotopic (exact) mass is 352 g/mol. The summed E-state index contributed by atoms with van der Waals surface area (Å²) in [6, 6.07) is 20.5. The van der Waals surface area contributed by atoms with Crippen LogP contribution in [0.5, 0.6) is 0 Å². The van der Waals surface area contributed by atoms with Crippen LogP contribution >= 0.6 is 0 Å². The van der Waals surface area contributed by atoms with E-state index >= 15 is 0 Å². The molecule has 0 bridgehead atoms. The van der Waals surface area contributed by atoms with Crippen LogP contribution < -0.4 is 0 Å². The maximum Gasteiger partial charge on any atom is 0.392 e. The van der Waals surface area contributed by atoms with Crippen molar-refractivity contribution in [2.45, 2.75) is 39.9 Å². The molecule has 0 saturated carbocycles. The molecule has 3 heteroatoms. The minimum absolute atomic E-state index is 0.0891. The van der Waals surface area contributed by atoms with E-state index in [0.717, 1.165) is 11.1 Å². The molecule has 0 aliphatic heterocycles. The van der Waals surface area contributed by atoms with Crippen LogP contribution in [0, 0.1) is 0 Å². The van der Waals surface area contributed by atoms with E-state index in [2.05, 4.69) is 75.5 Å². The van der Waals surface area contributed by atoms with E-state index < -0.39 is 8.56 Å². The first-order chi connectivity index (χ1) is 12.0. The van der Waals surface area contributed by atoms with Gasteiger partial charge in [-0.25, -0.2) is 0 Å². The van der Waals surface area contributed by atoms with Gasteiger partial charge in [0.1, 0.15) is 0 Å². The lowest BCUT2D eigenvalue weighted by molar-refractivity contribution is 0.123. The SMILES string of the molecule is CC(C)O[Si](C=Cc1ccccc1)(C=Cc1ccccc1)OC(C)C. The van der Waals surface area contributed by atoms with Crippen LogP contribution in [0.3, 0.4) is 0 Å². The van der Waals surface area contributed by atoms with E-state index in [1.54, 1.807) is 0 Å². The fourth-order valence-corrected chi connectivity index (χ4v) is 5.33. The summed E-state index contributed by atoms with van der Waals surface area (Å²) in [4.78, 5) is 0. The Morgan fingerprint density at radius 3 is 1.32 bits per heavy atom. The lowest BCUT2D eigenvalue weighted by Crippen LogP contribution is -2.43. The van der Waals surface area contributed by atoms with Gasteiger partial charge in [0, 0.05) is 12.2 Å². The van der Waals surface area contributed by atoms with Crippen molar-refractivity contribution in [3.63, 3.8) is 0 Å². The smallest absolute Gasteiger partial charge is 0.386 e. The maximum absolute atomic E-state index is 6.34. The van der Waals surface area contributed by atoms with Crippen LogP contribution in [0.25, 0.3) is 12.2 Å². The molecule has 0 radical (unpaired) electrons. The van der Waals surface area contributed by atoms with Crippen LogP contribution in [0.2, 0.25) is 0 Å². The van der Waals surface area contributed by atoms with Crippen LogP contribution in [0.1, 0.15) is 38.8 Å². The van der Waals surface area contributed by atoms with Crippen LogP contribution in [-0.4, -0.2) is 20.8 Å². The second-order valence-corrected chi connectivity index (χ2v) is 9.12. The van der Waals surface area contributed by atoms with E-state index in [1.165, 1.54) is 0 Å². The maximum atomic E-state index is 6.34. The van der Waals surface area contributed by atoms with Crippen LogP contribution in [0.4, 0.5) is 0 Å². The van der Waals surface area contributed by atoms with Crippen molar-refractivity contribution in [1.82, 2.24) is 0 Å². The number of hydrogen-bond donors (Lipinski definition) is 0. The highest BCUT2D eigenvalue weighted by Gasteiger charge is 2.34.